The fourth-order valence-corrected chi connectivity index (χ4v) is 5.12. The normalized spacial score (nSPS) is 18.8. The Morgan fingerprint density at radius 1 is 1.32 bits per heavy atom. The van der Waals surface area contributed by atoms with Gasteiger partial charge in [-0.1, -0.05) is 6.07 Å². The zero-order chi connectivity index (χ0) is 24.8. The number of ether oxygens (including phenoxy) is 2. The number of pyridine rings is 1. The van der Waals surface area contributed by atoms with E-state index in [-0.39, 0.29) is 16.8 Å². The molecule has 0 saturated carbocycles. The maximum Gasteiger partial charge on any atom is 0.490 e. The fraction of sp³-hybridized carbons (Fsp3) is 0.524. The lowest BCUT2D eigenvalue weighted by molar-refractivity contribution is -0.192. The Balaban J connectivity index is 0.000000406. The number of hydrogen-bond acceptors (Lipinski definition) is 7. The van der Waals surface area contributed by atoms with E-state index in [1.165, 1.54) is 0 Å². The van der Waals surface area contributed by atoms with E-state index in [2.05, 4.69) is 10.1 Å². The molecule has 2 fully saturated rings. The van der Waals surface area contributed by atoms with E-state index in [1.54, 1.807) is 24.1 Å². The molecule has 2 aliphatic rings. The second-order valence-electron chi connectivity index (χ2n) is 7.91. The number of rotatable bonds is 7. The molecule has 186 valence electrons. The SMILES string of the molecule is COCCn1ccc(C(=O)N2CC3(CC(OCc4cccnc4)CS3)C2)n1.O=C(O)C(F)(F)F. The van der Waals surface area contributed by atoms with Gasteiger partial charge in [-0.3, -0.25) is 14.5 Å². The van der Waals surface area contributed by atoms with Crippen LogP contribution in [0.1, 0.15) is 22.5 Å². The van der Waals surface area contributed by atoms with Gasteiger partial charge in [0.05, 0.1) is 30.6 Å². The quantitative estimate of drug-likeness (QED) is 0.616. The van der Waals surface area contributed by atoms with Crippen molar-refractivity contribution in [2.75, 3.05) is 32.6 Å². The maximum atomic E-state index is 12.6. The lowest BCUT2D eigenvalue weighted by Gasteiger charge is -2.47. The highest BCUT2D eigenvalue weighted by Crippen LogP contribution is 2.46. The van der Waals surface area contributed by atoms with Crippen molar-refractivity contribution in [3.8, 4) is 0 Å². The van der Waals surface area contributed by atoms with E-state index >= 15 is 0 Å². The summed E-state index contributed by atoms with van der Waals surface area (Å²) in [5.41, 5.74) is 1.60. The Kier molecular flexibility index (Phi) is 8.55. The van der Waals surface area contributed by atoms with Crippen LogP contribution in [0.5, 0.6) is 0 Å². The number of nitrogens with zero attached hydrogens (tertiary/aromatic N) is 4. The molecule has 1 unspecified atom stereocenters. The first-order valence-electron chi connectivity index (χ1n) is 10.4. The van der Waals surface area contributed by atoms with Crippen molar-refractivity contribution in [2.24, 2.45) is 0 Å². The number of carbonyl (C=O) groups is 2. The van der Waals surface area contributed by atoms with Crippen LogP contribution in [0.4, 0.5) is 13.2 Å². The molecule has 0 aliphatic carbocycles. The number of hydrogen-bond donors (Lipinski definition) is 1. The topological polar surface area (TPSA) is 107 Å². The molecule has 0 aromatic carbocycles. The average Bonchev–Trinajstić information content (AvgIpc) is 3.43. The van der Waals surface area contributed by atoms with Gasteiger partial charge in [0.2, 0.25) is 0 Å². The molecule has 1 atom stereocenters. The molecule has 1 spiro atoms. The van der Waals surface area contributed by atoms with Crippen LogP contribution < -0.4 is 0 Å². The van der Waals surface area contributed by atoms with Crippen molar-refractivity contribution in [1.82, 2.24) is 19.7 Å². The molecule has 4 rings (SSSR count). The molecule has 1 amide bonds. The number of amides is 1. The zero-order valence-corrected chi connectivity index (χ0v) is 19.2. The van der Waals surface area contributed by atoms with Crippen molar-refractivity contribution in [1.29, 1.82) is 0 Å². The Bertz CT molecular complexity index is 967. The van der Waals surface area contributed by atoms with E-state index in [4.69, 9.17) is 19.4 Å². The summed E-state index contributed by atoms with van der Waals surface area (Å²) in [6.45, 7) is 3.37. The van der Waals surface area contributed by atoms with Gasteiger partial charge >= 0.3 is 12.1 Å². The van der Waals surface area contributed by atoms with Gasteiger partial charge in [0.1, 0.15) is 5.69 Å². The molecule has 4 heterocycles. The number of alkyl halides is 3. The van der Waals surface area contributed by atoms with Crippen LogP contribution in [0, 0.1) is 0 Å². The Labute approximate surface area is 198 Å². The molecule has 2 aromatic rings. The lowest BCUT2D eigenvalue weighted by atomic mass is 9.92. The molecule has 2 aromatic heterocycles. The first-order chi connectivity index (χ1) is 16.1. The standard InChI is InChI=1S/C19H24N4O3S.C2HF3O2/c1-25-8-7-23-6-4-17(21-23)18(24)22-13-19(14-22)9-16(12-27-19)26-11-15-3-2-5-20-10-15;3-2(4,5)1(6)7/h2-6,10,16H,7-9,11-14H2,1H3;(H,6,7). The van der Waals surface area contributed by atoms with E-state index < -0.39 is 12.1 Å². The molecular formula is C21H25F3N4O5S. The van der Waals surface area contributed by atoms with Crippen molar-refractivity contribution < 1.29 is 37.3 Å². The summed E-state index contributed by atoms with van der Waals surface area (Å²) in [6, 6.07) is 5.74. The summed E-state index contributed by atoms with van der Waals surface area (Å²) in [7, 11) is 1.65. The van der Waals surface area contributed by atoms with Gasteiger partial charge in [-0.15, -0.1) is 11.8 Å². The molecule has 34 heavy (non-hydrogen) atoms. The predicted molar refractivity (Wildman–Crippen MR) is 116 cm³/mol. The van der Waals surface area contributed by atoms with Crippen LogP contribution in [0.2, 0.25) is 0 Å². The number of carboxylic acids is 1. The molecule has 2 aliphatic heterocycles. The van der Waals surface area contributed by atoms with Crippen molar-refractivity contribution in [3.05, 3.63) is 48.0 Å². The Morgan fingerprint density at radius 3 is 2.68 bits per heavy atom. The third-order valence-electron chi connectivity index (χ3n) is 5.26. The van der Waals surface area contributed by atoms with Crippen molar-refractivity contribution >= 4 is 23.6 Å². The first-order valence-corrected chi connectivity index (χ1v) is 11.4. The van der Waals surface area contributed by atoms with Crippen LogP contribution in [0.15, 0.2) is 36.8 Å². The van der Waals surface area contributed by atoms with Gasteiger partial charge in [-0.05, 0) is 24.1 Å². The minimum Gasteiger partial charge on any atom is -0.475 e. The minimum absolute atomic E-state index is 0.0112. The minimum atomic E-state index is -5.08. The van der Waals surface area contributed by atoms with Crippen LogP contribution in [-0.4, -0.2) is 86.2 Å². The van der Waals surface area contributed by atoms with Gasteiger partial charge in [-0.25, -0.2) is 4.79 Å². The largest absolute Gasteiger partial charge is 0.490 e. The zero-order valence-electron chi connectivity index (χ0n) is 18.4. The fourth-order valence-electron chi connectivity index (χ4n) is 3.57. The molecule has 9 nitrogen and oxygen atoms in total. The predicted octanol–water partition coefficient (Wildman–Crippen LogP) is 2.47. The van der Waals surface area contributed by atoms with Gasteiger partial charge in [0, 0.05) is 44.5 Å². The number of carboxylic acid groups (broad SMARTS) is 1. The monoisotopic (exact) mass is 502 g/mol. The third-order valence-corrected chi connectivity index (χ3v) is 6.83. The first kappa shape index (κ1) is 26.0. The third kappa shape index (κ3) is 6.93. The van der Waals surface area contributed by atoms with E-state index in [0.717, 1.165) is 30.8 Å². The molecule has 0 radical (unpaired) electrons. The number of methoxy groups -OCH3 is 1. The van der Waals surface area contributed by atoms with Crippen molar-refractivity contribution in [3.63, 3.8) is 0 Å². The molecule has 0 bridgehead atoms. The summed E-state index contributed by atoms with van der Waals surface area (Å²) >= 11 is 1.93. The van der Waals surface area contributed by atoms with E-state index in [9.17, 15) is 18.0 Å². The number of carbonyl (C=O) groups excluding carboxylic acids is 1. The number of aromatic nitrogens is 3. The summed E-state index contributed by atoms with van der Waals surface area (Å²) < 4.78 is 44.7. The van der Waals surface area contributed by atoms with Gasteiger partial charge in [-0.2, -0.15) is 18.3 Å². The summed E-state index contributed by atoms with van der Waals surface area (Å²) in [5, 5.41) is 11.5. The Morgan fingerprint density at radius 2 is 2.06 bits per heavy atom. The summed E-state index contributed by atoms with van der Waals surface area (Å²) in [4.78, 5) is 27.5. The van der Waals surface area contributed by atoms with Gasteiger partial charge in [0.15, 0.2) is 0 Å². The maximum absolute atomic E-state index is 12.6. The molecular weight excluding hydrogens is 477 g/mol. The number of thioether (sulfide) groups is 1. The van der Waals surface area contributed by atoms with Gasteiger partial charge in [0.25, 0.3) is 5.91 Å². The summed E-state index contributed by atoms with van der Waals surface area (Å²) in [6.07, 6.45) is 1.58. The highest BCUT2D eigenvalue weighted by molar-refractivity contribution is 8.01. The number of likely N-dealkylation sites (tertiary alicyclic amines) is 1. The van der Waals surface area contributed by atoms with Crippen LogP contribution in [0.3, 0.4) is 0 Å². The number of halogens is 3. The summed E-state index contributed by atoms with van der Waals surface area (Å²) in [5.74, 6) is -1.77. The second kappa shape index (κ2) is 11.2. The number of aliphatic carboxylic acids is 1. The second-order valence-corrected chi connectivity index (χ2v) is 9.40. The molecule has 1 N–H and O–H groups in total. The highest BCUT2D eigenvalue weighted by Gasteiger charge is 2.51. The smallest absolute Gasteiger partial charge is 0.475 e. The molecule has 13 heteroatoms. The highest BCUT2D eigenvalue weighted by atomic mass is 32.2. The van der Waals surface area contributed by atoms with Crippen LogP contribution in [-0.2, 0) is 27.4 Å². The average molecular weight is 503 g/mol. The van der Waals surface area contributed by atoms with E-state index in [0.29, 0.717) is 25.5 Å². The van der Waals surface area contributed by atoms with Gasteiger partial charge < -0.3 is 19.5 Å². The van der Waals surface area contributed by atoms with Crippen LogP contribution >= 0.6 is 11.8 Å². The molecule has 2 saturated heterocycles. The lowest BCUT2D eigenvalue weighted by Crippen LogP contribution is -2.60. The Hall–Kier alpha value is -2.64. The van der Waals surface area contributed by atoms with E-state index in [1.807, 2.05) is 41.2 Å². The van der Waals surface area contributed by atoms with Crippen molar-refractivity contribution in [2.45, 2.75) is 36.6 Å². The van der Waals surface area contributed by atoms with Crippen LogP contribution in [0.25, 0.3) is 0 Å².